The summed E-state index contributed by atoms with van der Waals surface area (Å²) in [5.74, 6) is -0.618. The Bertz CT molecular complexity index is 510. The number of anilines is 1. The normalized spacial score (nSPS) is 11.1. The number of sulfonamides is 1. The molecule has 0 bridgehead atoms. The zero-order valence-corrected chi connectivity index (χ0v) is 9.67. The lowest BCUT2D eigenvalue weighted by Gasteiger charge is -2.07. The maximum Gasteiger partial charge on any atom is 0.337 e. The van der Waals surface area contributed by atoms with Gasteiger partial charge >= 0.3 is 5.97 Å². The number of carbonyl (C=O) groups is 1. The number of rotatable bonds is 3. The molecule has 0 aliphatic rings. The largest absolute Gasteiger partial charge is 0.465 e. The smallest absolute Gasteiger partial charge is 0.337 e. The molecule has 88 valence electrons. The van der Waals surface area contributed by atoms with Crippen LogP contribution in [0.5, 0.6) is 0 Å². The summed E-state index contributed by atoms with van der Waals surface area (Å²) in [6, 6.07) is 3.92. The zero-order valence-electron chi connectivity index (χ0n) is 8.85. The average Bonchev–Trinajstić information content (AvgIpc) is 2.28. The predicted molar refractivity (Wildman–Crippen MR) is 58.4 cm³/mol. The first-order valence-electron chi connectivity index (χ1n) is 4.33. The molecule has 1 aromatic carbocycles. The van der Waals surface area contributed by atoms with Gasteiger partial charge in [0.05, 0.1) is 18.4 Å². The van der Waals surface area contributed by atoms with Crippen LogP contribution in [0.1, 0.15) is 10.4 Å². The van der Waals surface area contributed by atoms with Gasteiger partial charge in [0.2, 0.25) is 10.0 Å². The van der Waals surface area contributed by atoms with Crippen molar-refractivity contribution < 1.29 is 17.9 Å². The van der Waals surface area contributed by atoms with Crippen LogP contribution < -0.4 is 10.5 Å². The second-order valence-corrected chi connectivity index (χ2v) is 4.81. The van der Waals surface area contributed by atoms with E-state index in [1.54, 1.807) is 0 Å². The number of esters is 1. The Morgan fingerprint density at radius 1 is 1.44 bits per heavy atom. The number of nitrogens with two attached hydrogens (primary N) is 1. The van der Waals surface area contributed by atoms with Crippen LogP contribution in [0.4, 0.5) is 5.69 Å². The van der Waals surface area contributed by atoms with Crippen molar-refractivity contribution in [3.8, 4) is 0 Å². The molecule has 16 heavy (non-hydrogen) atoms. The highest BCUT2D eigenvalue weighted by molar-refractivity contribution is 7.89. The molecule has 0 aliphatic heterocycles. The first-order valence-corrected chi connectivity index (χ1v) is 5.82. The number of hydrogen-bond acceptors (Lipinski definition) is 5. The first kappa shape index (κ1) is 12.5. The van der Waals surface area contributed by atoms with E-state index in [2.05, 4.69) is 9.46 Å². The third-order valence-electron chi connectivity index (χ3n) is 1.99. The van der Waals surface area contributed by atoms with Gasteiger partial charge in [-0.3, -0.25) is 0 Å². The van der Waals surface area contributed by atoms with Crippen LogP contribution >= 0.6 is 0 Å². The van der Waals surface area contributed by atoms with Gasteiger partial charge in [-0.15, -0.1) is 0 Å². The average molecular weight is 244 g/mol. The van der Waals surface area contributed by atoms with Crippen molar-refractivity contribution in [1.82, 2.24) is 4.72 Å². The van der Waals surface area contributed by atoms with E-state index in [-0.39, 0.29) is 16.1 Å². The molecule has 1 aromatic rings. The molecule has 0 fully saturated rings. The highest BCUT2D eigenvalue weighted by atomic mass is 32.2. The summed E-state index contributed by atoms with van der Waals surface area (Å²) in [5.41, 5.74) is 5.72. The molecule has 0 amide bonds. The molecule has 0 unspecified atom stereocenters. The fraction of sp³-hybridized carbons (Fsp3) is 0.222. The molecule has 3 N–H and O–H groups in total. The van der Waals surface area contributed by atoms with Gasteiger partial charge in [0, 0.05) is 0 Å². The number of ether oxygens (including phenoxy) is 1. The molecule has 6 nitrogen and oxygen atoms in total. The minimum atomic E-state index is -3.68. The van der Waals surface area contributed by atoms with Crippen LogP contribution in [0.3, 0.4) is 0 Å². The molecule has 0 spiro atoms. The van der Waals surface area contributed by atoms with Crippen molar-refractivity contribution >= 4 is 21.7 Å². The summed E-state index contributed by atoms with van der Waals surface area (Å²) in [7, 11) is -1.20. The van der Waals surface area contributed by atoms with Crippen LogP contribution in [-0.2, 0) is 14.8 Å². The molecular weight excluding hydrogens is 232 g/mol. The van der Waals surface area contributed by atoms with Gasteiger partial charge < -0.3 is 10.5 Å². The van der Waals surface area contributed by atoms with Crippen LogP contribution in [0.15, 0.2) is 23.1 Å². The number of nitrogen functional groups attached to an aromatic ring is 1. The first-order chi connectivity index (χ1) is 7.42. The molecule has 0 aromatic heterocycles. The predicted octanol–water partition coefficient (Wildman–Crippen LogP) is -0.0365. The third-order valence-corrected chi connectivity index (χ3v) is 3.46. The number of nitrogens with one attached hydrogen (secondary N) is 1. The van der Waals surface area contributed by atoms with Crippen molar-refractivity contribution in [1.29, 1.82) is 0 Å². The minimum Gasteiger partial charge on any atom is -0.465 e. The van der Waals surface area contributed by atoms with E-state index in [0.717, 1.165) is 0 Å². The standard InChI is InChI=1S/C9H12N2O4S/c1-11-16(13,14)8-5-6(9(12)15-2)3-4-7(8)10/h3-5,11H,10H2,1-2H3. The maximum absolute atomic E-state index is 11.5. The molecule has 0 radical (unpaired) electrons. The van der Waals surface area contributed by atoms with E-state index >= 15 is 0 Å². The number of carbonyl (C=O) groups excluding carboxylic acids is 1. The van der Waals surface area contributed by atoms with Gasteiger partial charge in [0.1, 0.15) is 4.90 Å². The minimum absolute atomic E-state index is 0.0713. The van der Waals surface area contributed by atoms with E-state index in [4.69, 9.17) is 5.73 Å². The lowest BCUT2D eigenvalue weighted by atomic mass is 10.2. The third kappa shape index (κ3) is 2.31. The van der Waals surface area contributed by atoms with Crippen LogP contribution in [-0.4, -0.2) is 28.5 Å². The van der Waals surface area contributed by atoms with E-state index in [1.807, 2.05) is 0 Å². The van der Waals surface area contributed by atoms with Gasteiger partial charge in [-0.2, -0.15) is 0 Å². The van der Waals surface area contributed by atoms with Crippen LogP contribution in [0.2, 0.25) is 0 Å². The van der Waals surface area contributed by atoms with Gasteiger partial charge in [0.25, 0.3) is 0 Å². The second-order valence-electron chi connectivity index (χ2n) is 2.95. The van der Waals surface area contributed by atoms with Crippen molar-refractivity contribution in [2.45, 2.75) is 4.90 Å². The van der Waals surface area contributed by atoms with Crippen molar-refractivity contribution in [2.75, 3.05) is 19.9 Å². The molecule has 7 heteroatoms. The Labute approximate surface area is 93.5 Å². The molecule has 0 atom stereocenters. The fourth-order valence-corrected chi connectivity index (χ4v) is 2.00. The topological polar surface area (TPSA) is 98.5 Å². The van der Waals surface area contributed by atoms with Crippen molar-refractivity contribution in [2.24, 2.45) is 0 Å². The fourth-order valence-electron chi connectivity index (χ4n) is 1.12. The lowest BCUT2D eigenvalue weighted by Crippen LogP contribution is -2.20. The number of benzene rings is 1. The number of methoxy groups -OCH3 is 1. The number of hydrogen-bond donors (Lipinski definition) is 2. The second kappa shape index (κ2) is 4.50. The quantitative estimate of drug-likeness (QED) is 0.574. The van der Waals surface area contributed by atoms with E-state index < -0.39 is 16.0 Å². The highest BCUT2D eigenvalue weighted by Gasteiger charge is 2.18. The highest BCUT2D eigenvalue weighted by Crippen LogP contribution is 2.19. The van der Waals surface area contributed by atoms with Crippen LogP contribution in [0, 0.1) is 0 Å². The van der Waals surface area contributed by atoms with E-state index in [9.17, 15) is 13.2 Å². The Hall–Kier alpha value is -1.60. The zero-order chi connectivity index (χ0) is 12.3. The van der Waals surface area contributed by atoms with Gasteiger partial charge in [0.15, 0.2) is 0 Å². The van der Waals surface area contributed by atoms with Crippen LogP contribution in [0.25, 0.3) is 0 Å². The maximum atomic E-state index is 11.5. The molecular formula is C9H12N2O4S. The summed E-state index contributed by atoms with van der Waals surface area (Å²) in [5, 5.41) is 0. The SMILES string of the molecule is CNS(=O)(=O)c1cc(C(=O)OC)ccc1N. The van der Waals surface area contributed by atoms with Crippen molar-refractivity contribution in [3.05, 3.63) is 23.8 Å². The Balaban J connectivity index is 3.36. The summed E-state index contributed by atoms with van der Waals surface area (Å²) in [6.07, 6.45) is 0. The van der Waals surface area contributed by atoms with Crippen molar-refractivity contribution in [3.63, 3.8) is 0 Å². The summed E-state index contributed by atoms with van der Waals surface area (Å²) >= 11 is 0. The molecule has 0 aliphatic carbocycles. The van der Waals surface area contributed by atoms with E-state index in [0.29, 0.717) is 0 Å². The lowest BCUT2D eigenvalue weighted by molar-refractivity contribution is 0.0600. The Morgan fingerprint density at radius 2 is 2.06 bits per heavy atom. The van der Waals surface area contributed by atoms with Gasteiger partial charge in [-0.25, -0.2) is 17.9 Å². The van der Waals surface area contributed by atoms with E-state index in [1.165, 1.54) is 32.4 Å². The summed E-state index contributed by atoms with van der Waals surface area (Å²) < 4.78 is 29.7. The summed E-state index contributed by atoms with van der Waals surface area (Å²) in [6.45, 7) is 0. The molecule has 0 heterocycles. The Morgan fingerprint density at radius 3 is 2.56 bits per heavy atom. The Kier molecular flexibility index (Phi) is 3.51. The molecule has 1 rings (SSSR count). The van der Waals surface area contributed by atoms with Gasteiger partial charge in [-0.05, 0) is 25.2 Å². The molecule has 0 saturated heterocycles. The summed E-state index contributed by atoms with van der Waals surface area (Å²) in [4.78, 5) is 11.1. The molecule has 0 saturated carbocycles. The monoisotopic (exact) mass is 244 g/mol. The van der Waals surface area contributed by atoms with Gasteiger partial charge in [-0.1, -0.05) is 0 Å².